The van der Waals surface area contributed by atoms with E-state index in [0.29, 0.717) is 29.4 Å². The van der Waals surface area contributed by atoms with Crippen LogP contribution in [-0.4, -0.2) is 12.0 Å². The number of carbonyl (C=O) groups excluding carboxylic acids is 1. The number of nitrogens with one attached hydrogen (secondary N) is 1. The van der Waals surface area contributed by atoms with Gasteiger partial charge in [0.05, 0.1) is 5.97 Å². The van der Waals surface area contributed by atoms with Gasteiger partial charge in [0.1, 0.15) is 0 Å². The van der Waals surface area contributed by atoms with Crippen LogP contribution in [0.2, 0.25) is 0 Å². The zero-order valence-corrected chi connectivity index (χ0v) is 14.0. The van der Waals surface area contributed by atoms with Crippen LogP contribution in [-0.2, 0) is 0 Å². The van der Waals surface area contributed by atoms with E-state index in [0.717, 1.165) is 30.4 Å². The summed E-state index contributed by atoms with van der Waals surface area (Å²) in [6.07, 6.45) is 6.31. The number of para-hydroxylation sites is 1. The highest BCUT2D eigenvalue weighted by atomic mass is 16.4. The fourth-order valence-electron chi connectivity index (χ4n) is 5.98. The van der Waals surface area contributed by atoms with E-state index in [-0.39, 0.29) is 0 Å². The molecular formula is C20H26NO2-. The summed E-state index contributed by atoms with van der Waals surface area (Å²) in [5, 5.41) is 15.3. The van der Waals surface area contributed by atoms with Crippen molar-refractivity contribution in [2.24, 2.45) is 23.7 Å². The molecule has 3 aliphatic rings. The summed E-state index contributed by atoms with van der Waals surface area (Å²) in [5.41, 5.74) is 2.45. The highest BCUT2D eigenvalue weighted by molar-refractivity contribution is 5.94. The molecule has 124 valence electrons. The van der Waals surface area contributed by atoms with Gasteiger partial charge >= 0.3 is 0 Å². The SMILES string of the molecule is CCC(CC)[C@H]1Nc2c(C(=O)[O-])cccc2[C@H]2[C@H]3CC[C@H](C3)[C@@H]21. The first kappa shape index (κ1) is 15.0. The molecule has 1 N–H and O–H groups in total. The molecule has 4 rings (SSSR count). The summed E-state index contributed by atoms with van der Waals surface area (Å²) >= 11 is 0. The van der Waals surface area contributed by atoms with Gasteiger partial charge < -0.3 is 15.2 Å². The molecule has 3 heteroatoms. The zero-order valence-electron chi connectivity index (χ0n) is 14.0. The van der Waals surface area contributed by atoms with Gasteiger partial charge in [0.2, 0.25) is 0 Å². The van der Waals surface area contributed by atoms with E-state index in [1.165, 1.54) is 24.8 Å². The lowest BCUT2D eigenvalue weighted by molar-refractivity contribution is -0.254. The van der Waals surface area contributed by atoms with E-state index in [9.17, 15) is 9.90 Å². The minimum absolute atomic E-state index is 0.347. The third-order valence-electron chi connectivity index (χ3n) is 6.94. The second kappa shape index (κ2) is 5.54. The van der Waals surface area contributed by atoms with Crippen molar-refractivity contribution in [1.29, 1.82) is 0 Å². The topological polar surface area (TPSA) is 52.2 Å². The lowest BCUT2D eigenvalue weighted by Gasteiger charge is -2.46. The highest BCUT2D eigenvalue weighted by Crippen LogP contribution is 2.62. The highest BCUT2D eigenvalue weighted by Gasteiger charge is 2.54. The second-order valence-corrected chi connectivity index (χ2v) is 7.74. The van der Waals surface area contributed by atoms with Crippen molar-refractivity contribution in [3.05, 3.63) is 29.3 Å². The fourth-order valence-corrected chi connectivity index (χ4v) is 5.98. The van der Waals surface area contributed by atoms with Crippen LogP contribution in [0.15, 0.2) is 18.2 Å². The van der Waals surface area contributed by atoms with Crippen molar-refractivity contribution in [2.75, 3.05) is 5.32 Å². The maximum absolute atomic E-state index is 11.6. The van der Waals surface area contributed by atoms with Gasteiger partial charge in [-0.05, 0) is 54.4 Å². The van der Waals surface area contributed by atoms with Gasteiger partial charge in [-0.15, -0.1) is 0 Å². The summed E-state index contributed by atoms with van der Waals surface area (Å²) in [4.78, 5) is 11.6. The summed E-state index contributed by atoms with van der Waals surface area (Å²) in [6, 6.07) is 6.15. The van der Waals surface area contributed by atoms with E-state index >= 15 is 0 Å². The first-order chi connectivity index (χ1) is 11.2. The average molecular weight is 312 g/mol. The van der Waals surface area contributed by atoms with E-state index in [4.69, 9.17) is 0 Å². The van der Waals surface area contributed by atoms with Crippen LogP contribution in [0.3, 0.4) is 0 Å². The van der Waals surface area contributed by atoms with Crippen LogP contribution < -0.4 is 10.4 Å². The molecule has 2 bridgehead atoms. The predicted octanol–water partition coefficient (Wildman–Crippen LogP) is 3.41. The van der Waals surface area contributed by atoms with Gasteiger partial charge in [0, 0.05) is 17.3 Å². The number of carbonyl (C=O) groups is 1. The van der Waals surface area contributed by atoms with Crippen molar-refractivity contribution in [3.63, 3.8) is 0 Å². The standard InChI is InChI=1S/C20H27NO2/c1-3-11(4-2)18-17-13-9-8-12(10-13)16(17)14-6-5-7-15(20(22)23)19(14)21-18/h5-7,11-13,16-18,21H,3-4,8-10H2,1-2H3,(H,22,23)/p-1/t12-,13+,16+,17-,18+/m0/s1. The molecule has 0 unspecified atom stereocenters. The Labute approximate surface area is 138 Å². The Balaban J connectivity index is 1.83. The number of carboxylic acid groups (broad SMARTS) is 1. The molecule has 1 aromatic rings. The van der Waals surface area contributed by atoms with Gasteiger partial charge in [-0.3, -0.25) is 0 Å². The Kier molecular flexibility index (Phi) is 3.62. The molecule has 1 aromatic carbocycles. The number of carboxylic acids is 1. The van der Waals surface area contributed by atoms with Crippen LogP contribution in [0.5, 0.6) is 0 Å². The Hall–Kier alpha value is -1.51. The smallest absolute Gasteiger partial charge is 0.0736 e. The maximum atomic E-state index is 11.6. The Morgan fingerprint density at radius 3 is 2.70 bits per heavy atom. The molecular weight excluding hydrogens is 286 g/mol. The van der Waals surface area contributed by atoms with Crippen molar-refractivity contribution >= 4 is 11.7 Å². The lowest BCUT2D eigenvalue weighted by atomic mass is 9.65. The van der Waals surface area contributed by atoms with Crippen LogP contribution >= 0.6 is 0 Å². The van der Waals surface area contributed by atoms with E-state index in [1.54, 1.807) is 6.07 Å². The molecule has 3 nitrogen and oxygen atoms in total. The zero-order chi connectivity index (χ0) is 16.1. The number of hydrogen-bond donors (Lipinski definition) is 1. The molecule has 23 heavy (non-hydrogen) atoms. The molecule has 2 saturated carbocycles. The maximum Gasteiger partial charge on any atom is 0.0736 e. The molecule has 2 aliphatic carbocycles. The molecule has 0 amide bonds. The number of rotatable bonds is 4. The molecule has 0 aromatic heterocycles. The molecule has 0 radical (unpaired) electrons. The van der Waals surface area contributed by atoms with Crippen LogP contribution in [0, 0.1) is 23.7 Å². The summed E-state index contributed by atoms with van der Waals surface area (Å²) in [7, 11) is 0. The minimum Gasteiger partial charge on any atom is -0.545 e. The third kappa shape index (κ3) is 2.12. The normalized spacial score (nSPS) is 34.1. The number of fused-ring (bicyclic) bond motifs is 7. The molecule has 1 aliphatic heterocycles. The Bertz CT molecular complexity index is 622. The quantitative estimate of drug-likeness (QED) is 0.927. The van der Waals surface area contributed by atoms with Crippen molar-refractivity contribution in [1.82, 2.24) is 0 Å². The Morgan fingerprint density at radius 1 is 1.26 bits per heavy atom. The molecule has 5 atom stereocenters. The van der Waals surface area contributed by atoms with Crippen molar-refractivity contribution in [2.45, 2.75) is 57.9 Å². The Morgan fingerprint density at radius 2 is 2.00 bits per heavy atom. The first-order valence-corrected chi connectivity index (χ1v) is 9.26. The third-order valence-corrected chi connectivity index (χ3v) is 6.94. The van der Waals surface area contributed by atoms with E-state index in [1.807, 2.05) is 6.07 Å². The second-order valence-electron chi connectivity index (χ2n) is 7.74. The van der Waals surface area contributed by atoms with Gasteiger partial charge in [-0.25, -0.2) is 0 Å². The predicted molar refractivity (Wildman–Crippen MR) is 89.3 cm³/mol. The van der Waals surface area contributed by atoms with Gasteiger partial charge in [-0.1, -0.05) is 44.9 Å². The molecule has 0 saturated heterocycles. The fraction of sp³-hybridized carbons (Fsp3) is 0.650. The first-order valence-electron chi connectivity index (χ1n) is 9.26. The van der Waals surface area contributed by atoms with Crippen LogP contribution in [0.1, 0.15) is 67.8 Å². The van der Waals surface area contributed by atoms with Gasteiger partial charge in [-0.2, -0.15) is 0 Å². The molecule has 2 fully saturated rings. The van der Waals surface area contributed by atoms with Crippen LogP contribution in [0.4, 0.5) is 5.69 Å². The lowest BCUT2D eigenvalue weighted by Crippen LogP contribution is -2.46. The summed E-state index contributed by atoms with van der Waals surface area (Å²) in [6.45, 7) is 4.52. The number of aromatic carboxylic acids is 1. The number of hydrogen-bond acceptors (Lipinski definition) is 3. The summed E-state index contributed by atoms with van der Waals surface area (Å²) < 4.78 is 0. The minimum atomic E-state index is -1.06. The van der Waals surface area contributed by atoms with E-state index < -0.39 is 5.97 Å². The summed E-state index contributed by atoms with van der Waals surface area (Å²) in [5.74, 6) is 2.37. The van der Waals surface area contributed by atoms with Crippen molar-refractivity contribution in [3.8, 4) is 0 Å². The molecule has 1 heterocycles. The van der Waals surface area contributed by atoms with Crippen LogP contribution in [0.25, 0.3) is 0 Å². The largest absolute Gasteiger partial charge is 0.545 e. The van der Waals surface area contributed by atoms with Gasteiger partial charge in [0.25, 0.3) is 0 Å². The number of benzene rings is 1. The van der Waals surface area contributed by atoms with Gasteiger partial charge in [0.15, 0.2) is 0 Å². The molecule has 0 spiro atoms. The monoisotopic (exact) mass is 312 g/mol. The number of anilines is 1. The average Bonchev–Trinajstić information content (AvgIpc) is 3.17. The van der Waals surface area contributed by atoms with Crippen molar-refractivity contribution < 1.29 is 9.90 Å². The van der Waals surface area contributed by atoms with E-state index in [2.05, 4.69) is 25.2 Å².